The van der Waals surface area contributed by atoms with Crippen molar-refractivity contribution in [1.82, 2.24) is 4.98 Å². The molecule has 0 radical (unpaired) electrons. The number of nitriles is 1. The largest absolute Gasteiger partial charge is 0.327 e. The standard InChI is InChI=1S/C12H12N2O.2C2H6/c1-3-5-10(4-2)11-6-9(7-13)8-14-12(11)15;2*1-2/h3-6,8H,1-2H3,(H,14,15);2*1-2H3/b5-3-,10-4+;;. The Hall–Kier alpha value is -2.08. The molecule has 0 aliphatic rings. The number of nitrogens with zero attached hydrogens (tertiary/aromatic N) is 1. The normalized spacial score (nSPS) is 9.84. The molecule has 3 heteroatoms. The molecule has 0 saturated carbocycles. The number of nitrogens with one attached hydrogen (secondary N) is 1. The highest BCUT2D eigenvalue weighted by Gasteiger charge is 2.03. The monoisotopic (exact) mass is 260 g/mol. The first kappa shape index (κ1) is 19.3. The van der Waals surface area contributed by atoms with E-state index in [9.17, 15) is 4.79 Å². The highest BCUT2D eigenvalue weighted by molar-refractivity contribution is 5.73. The molecule has 0 atom stereocenters. The van der Waals surface area contributed by atoms with Gasteiger partial charge in [-0.1, -0.05) is 45.9 Å². The second-order valence-corrected chi connectivity index (χ2v) is 2.99. The highest BCUT2D eigenvalue weighted by atomic mass is 16.1. The maximum atomic E-state index is 11.5. The third kappa shape index (κ3) is 6.42. The Morgan fingerprint density at radius 1 is 1.26 bits per heavy atom. The van der Waals surface area contributed by atoms with Gasteiger partial charge in [-0.3, -0.25) is 4.79 Å². The van der Waals surface area contributed by atoms with Gasteiger partial charge in [0.2, 0.25) is 0 Å². The summed E-state index contributed by atoms with van der Waals surface area (Å²) in [5.41, 5.74) is 1.61. The Bertz CT molecular complexity index is 502. The van der Waals surface area contributed by atoms with Crippen LogP contribution in [0.4, 0.5) is 0 Å². The summed E-state index contributed by atoms with van der Waals surface area (Å²) in [6.07, 6.45) is 6.94. The molecule has 0 aliphatic carbocycles. The van der Waals surface area contributed by atoms with E-state index >= 15 is 0 Å². The van der Waals surface area contributed by atoms with Gasteiger partial charge in [0.25, 0.3) is 5.56 Å². The molecule has 0 unspecified atom stereocenters. The Labute approximate surface area is 116 Å². The molecule has 0 bridgehead atoms. The lowest BCUT2D eigenvalue weighted by Gasteiger charge is -2.00. The fourth-order valence-electron chi connectivity index (χ4n) is 1.28. The van der Waals surface area contributed by atoms with Gasteiger partial charge in [0.05, 0.1) is 5.56 Å². The van der Waals surface area contributed by atoms with Gasteiger partial charge in [-0.25, -0.2) is 0 Å². The van der Waals surface area contributed by atoms with Crippen LogP contribution in [0.1, 0.15) is 52.7 Å². The number of aromatic nitrogens is 1. The van der Waals surface area contributed by atoms with E-state index in [1.54, 1.807) is 6.07 Å². The van der Waals surface area contributed by atoms with Crippen molar-refractivity contribution in [3.05, 3.63) is 52.0 Å². The van der Waals surface area contributed by atoms with Gasteiger partial charge in [0, 0.05) is 11.8 Å². The van der Waals surface area contributed by atoms with Crippen LogP contribution >= 0.6 is 0 Å². The SMILES string of the molecule is C/C=C\C(=C/C)c1cc(C#N)c[nH]c1=O.CC.CC. The third-order valence-corrected chi connectivity index (χ3v) is 2.00. The first-order chi connectivity index (χ1) is 9.22. The zero-order valence-corrected chi connectivity index (χ0v) is 12.7. The fourth-order valence-corrected chi connectivity index (χ4v) is 1.28. The summed E-state index contributed by atoms with van der Waals surface area (Å²) in [6.45, 7) is 11.7. The molecule has 0 amide bonds. The molecule has 0 aromatic carbocycles. The van der Waals surface area contributed by atoms with Gasteiger partial charge in [0.1, 0.15) is 6.07 Å². The van der Waals surface area contributed by atoms with Gasteiger partial charge in [-0.05, 0) is 25.5 Å². The van der Waals surface area contributed by atoms with Crippen molar-refractivity contribution in [3.8, 4) is 6.07 Å². The van der Waals surface area contributed by atoms with E-state index < -0.39 is 0 Å². The Kier molecular flexibility index (Phi) is 12.6. The minimum atomic E-state index is -0.180. The third-order valence-electron chi connectivity index (χ3n) is 2.00. The van der Waals surface area contributed by atoms with Crippen LogP contribution in [-0.2, 0) is 0 Å². The zero-order valence-electron chi connectivity index (χ0n) is 12.7. The molecule has 1 aromatic heterocycles. The Morgan fingerprint density at radius 2 is 1.84 bits per heavy atom. The molecular formula is C16H24N2O. The fraction of sp³-hybridized carbons (Fsp3) is 0.375. The van der Waals surface area contributed by atoms with Crippen molar-refractivity contribution >= 4 is 5.57 Å². The summed E-state index contributed by atoms with van der Waals surface area (Å²) < 4.78 is 0. The molecule has 1 heterocycles. The molecule has 0 spiro atoms. The van der Waals surface area contributed by atoms with Crippen molar-refractivity contribution < 1.29 is 0 Å². The molecular weight excluding hydrogens is 236 g/mol. The van der Waals surface area contributed by atoms with Crippen LogP contribution in [0.5, 0.6) is 0 Å². The Morgan fingerprint density at radius 3 is 2.26 bits per heavy atom. The predicted octanol–water partition coefficient (Wildman–Crippen LogP) is 4.28. The van der Waals surface area contributed by atoms with E-state index in [4.69, 9.17) is 5.26 Å². The molecule has 1 aromatic rings. The molecule has 3 nitrogen and oxygen atoms in total. The second-order valence-electron chi connectivity index (χ2n) is 2.99. The lowest BCUT2D eigenvalue weighted by molar-refractivity contribution is 1.20. The van der Waals surface area contributed by atoms with Gasteiger partial charge < -0.3 is 4.98 Å². The number of pyridine rings is 1. The average molecular weight is 260 g/mol. The minimum Gasteiger partial charge on any atom is -0.327 e. The van der Waals surface area contributed by atoms with Crippen LogP contribution in [0.2, 0.25) is 0 Å². The summed E-state index contributed by atoms with van der Waals surface area (Å²) >= 11 is 0. The number of hydrogen-bond acceptors (Lipinski definition) is 2. The van der Waals surface area contributed by atoms with Gasteiger partial charge in [-0.2, -0.15) is 5.26 Å². The first-order valence-corrected chi connectivity index (χ1v) is 6.65. The van der Waals surface area contributed by atoms with E-state index in [1.807, 2.05) is 65.8 Å². The number of hydrogen-bond donors (Lipinski definition) is 1. The van der Waals surface area contributed by atoms with Crippen LogP contribution in [0.25, 0.3) is 5.57 Å². The van der Waals surface area contributed by atoms with E-state index in [-0.39, 0.29) is 5.56 Å². The first-order valence-electron chi connectivity index (χ1n) is 6.65. The van der Waals surface area contributed by atoms with Crippen LogP contribution in [0.3, 0.4) is 0 Å². The number of allylic oxidation sites excluding steroid dienone is 4. The predicted molar refractivity (Wildman–Crippen MR) is 82.9 cm³/mol. The van der Waals surface area contributed by atoms with Crippen molar-refractivity contribution in [2.24, 2.45) is 0 Å². The molecule has 0 fully saturated rings. The number of aromatic amines is 1. The topological polar surface area (TPSA) is 56.6 Å². The summed E-state index contributed by atoms with van der Waals surface area (Å²) in [5, 5.41) is 8.73. The number of H-pyrrole nitrogens is 1. The van der Waals surface area contributed by atoms with Crippen LogP contribution in [-0.4, -0.2) is 4.98 Å². The van der Waals surface area contributed by atoms with Gasteiger partial charge >= 0.3 is 0 Å². The lowest BCUT2D eigenvalue weighted by Crippen LogP contribution is -2.11. The van der Waals surface area contributed by atoms with Crippen LogP contribution < -0.4 is 5.56 Å². The van der Waals surface area contributed by atoms with Crippen molar-refractivity contribution in [3.63, 3.8) is 0 Å². The second kappa shape index (κ2) is 12.4. The van der Waals surface area contributed by atoms with Crippen molar-refractivity contribution in [1.29, 1.82) is 5.26 Å². The molecule has 0 aliphatic heterocycles. The van der Waals surface area contributed by atoms with Crippen molar-refractivity contribution in [2.45, 2.75) is 41.5 Å². The minimum absolute atomic E-state index is 0.180. The molecule has 0 saturated heterocycles. The summed E-state index contributed by atoms with van der Waals surface area (Å²) in [6, 6.07) is 3.59. The summed E-state index contributed by atoms with van der Waals surface area (Å²) in [4.78, 5) is 14.1. The average Bonchev–Trinajstić information content (AvgIpc) is 2.50. The quantitative estimate of drug-likeness (QED) is 0.807. The van der Waals surface area contributed by atoms with Crippen molar-refractivity contribution in [2.75, 3.05) is 0 Å². The van der Waals surface area contributed by atoms with E-state index in [0.29, 0.717) is 11.1 Å². The summed E-state index contributed by atoms with van der Waals surface area (Å²) in [7, 11) is 0. The summed E-state index contributed by atoms with van der Waals surface area (Å²) in [5.74, 6) is 0. The van der Waals surface area contributed by atoms with Gasteiger partial charge in [0.15, 0.2) is 0 Å². The van der Waals surface area contributed by atoms with Gasteiger partial charge in [-0.15, -0.1) is 0 Å². The number of rotatable bonds is 2. The maximum absolute atomic E-state index is 11.5. The lowest BCUT2D eigenvalue weighted by atomic mass is 10.1. The molecule has 1 rings (SSSR count). The molecule has 19 heavy (non-hydrogen) atoms. The smallest absolute Gasteiger partial charge is 0.255 e. The van der Waals surface area contributed by atoms with E-state index in [0.717, 1.165) is 5.57 Å². The van der Waals surface area contributed by atoms with Crippen LogP contribution in [0, 0.1) is 11.3 Å². The molecule has 1 N–H and O–H groups in total. The maximum Gasteiger partial charge on any atom is 0.255 e. The van der Waals surface area contributed by atoms with E-state index in [1.165, 1.54) is 6.20 Å². The zero-order chi connectivity index (χ0) is 15.3. The van der Waals surface area contributed by atoms with Crippen LogP contribution in [0.15, 0.2) is 35.3 Å². The Balaban J connectivity index is 0. The highest BCUT2D eigenvalue weighted by Crippen LogP contribution is 2.12. The molecule has 104 valence electrons. The van der Waals surface area contributed by atoms with E-state index in [2.05, 4.69) is 4.98 Å².